The molecule has 11 heteroatoms. The Morgan fingerprint density at radius 1 is 1.16 bits per heavy atom. The van der Waals surface area contributed by atoms with Crippen LogP contribution < -0.4 is 10.2 Å². The molecule has 1 saturated heterocycles. The van der Waals surface area contributed by atoms with Gasteiger partial charge in [-0.2, -0.15) is 24.7 Å². The molecule has 10 nitrogen and oxygen atoms in total. The first kappa shape index (κ1) is 19.9. The van der Waals surface area contributed by atoms with Crippen LogP contribution in [0.5, 0.6) is 0 Å². The second kappa shape index (κ2) is 8.60. The Morgan fingerprint density at radius 2 is 2.03 bits per heavy atom. The molecular formula is C20H22BrN9O. The molecular weight excluding hydrogens is 462 g/mol. The number of H-pyrrole nitrogens is 1. The van der Waals surface area contributed by atoms with Crippen molar-refractivity contribution in [3.8, 4) is 11.4 Å². The molecule has 1 aromatic carbocycles. The van der Waals surface area contributed by atoms with Crippen LogP contribution in [-0.4, -0.2) is 59.1 Å². The van der Waals surface area contributed by atoms with Crippen LogP contribution in [0.4, 0.5) is 11.9 Å². The third-order valence-corrected chi connectivity index (χ3v) is 5.95. The Hall–Kier alpha value is -3.05. The zero-order valence-electron chi connectivity index (χ0n) is 16.7. The number of aromatic nitrogens is 7. The van der Waals surface area contributed by atoms with Gasteiger partial charge >= 0.3 is 0 Å². The number of aliphatic hydroxyl groups excluding tert-OH is 1. The molecule has 0 bridgehead atoms. The summed E-state index contributed by atoms with van der Waals surface area (Å²) in [6.07, 6.45) is 4.77. The van der Waals surface area contributed by atoms with E-state index < -0.39 is 0 Å². The average Bonchev–Trinajstić information content (AvgIpc) is 3.45. The lowest BCUT2D eigenvalue weighted by atomic mass is 10.0. The van der Waals surface area contributed by atoms with Gasteiger partial charge in [-0.15, -0.1) is 0 Å². The highest BCUT2D eigenvalue weighted by molar-refractivity contribution is 9.10. The summed E-state index contributed by atoms with van der Waals surface area (Å²) in [7, 11) is 0. The predicted octanol–water partition coefficient (Wildman–Crippen LogP) is 2.64. The number of aromatic amines is 1. The molecule has 1 fully saturated rings. The number of piperidine rings is 1. The molecule has 160 valence electrons. The van der Waals surface area contributed by atoms with E-state index in [1.54, 1.807) is 10.7 Å². The molecule has 31 heavy (non-hydrogen) atoms. The Morgan fingerprint density at radius 3 is 2.87 bits per heavy atom. The zero-order chi connectivity index (χ0) is 21.2. The smallest absolute Gasteiger partial charge is 0.231 e. The van der Waals surface area contributed by atoms with Crippen molar-refractivity contribution in [3.05, 3.63) is 46.8 Å². The molecule has 0 spiro atoms. The number of nitrogens with one attached hydrogen (secondary N) is 2. The van der Waals surface area contributed by atoms with E-state index in [4.69, 9.17) is 9.97 Å². The standard InChI is InChI=1S/C20H22BrN9O/c21-15-10-23-30-18(15)25-20(29-9-5-4-8-14(29)12-31)26-19(30)22-11-16-24-17(28-27-16)13-6-2-1-3-7-13/h1-3,6-7,10,14,31H,4-5,8-9,11-12H2,(H,22,25,26)(H,24,27,28). The van der Waals surface area contributed by atoms with Crippen LogP contribution in [0.15, 0.2) is 41.0 Å². The van der Waals surface area contributed by atoms with E-state index in [1.165, 1.54) is 0 Å². The number of aliphatic hydroxyl groups is 1. The summed E-state index contributed by atoms with van der Waals surface area (Å²) >= 11 is 3.52. The number of rotatable bonds is 6. The summed E-state index contributed by atoms with van der Waals surface area (Å²) in [6, 6.07) is 9.84. The minimum absolute atomic E-state index is 0.0217. The van der Waals surface area contributed by atoms with Crippen LogP contribution in [0, 0.1) is 0 Å². The molecule has 4 heterocycles. The minimum Gasteiger partial charge on any atom is -0.394 e. The summed E-state index contributed by atoms with van der Waals surface area (Å²) in [5, 5.41) is 24.8. The molecule has 1 aliphatic rings. The van der Waals surface area contributed by atoms with Gasteiger partial charge in [-0.25, -0.2) is 4.98 Å². The SMILES string of the molecule is OCC1CCCCN1c1nc(NCc2nc(-c3ccccc3)n[nH]2)n2ncc(Br)c2n1. The molecule has 0 aliphatic carbocycles. The molecule has 0 radical (unpaired) electrons. The van der Waals surface area contributed by atoms with Crippen molar-refractivity contribution in [1.29, 1.82) is 0 Å². The van der Waals surface area contributed by atoms with Crippen LogP contribution in [-0.2, 0) is 6.54 Å². The lowest BCUT2D eigenvalue weighted by Crippen LogP contribution is -2.43. The fourth-order valence-corrected chi connectivity index (χ4v) is 4.14. The molecule has 0 saturated carbocycles. The van der Waals surface area contributed by atoms with Gasteiger partial charge in [0, 0.05) is 12.1 Å². The van der Waals surface area contributed by atoms with Crippen LogP contribution in [0.25, 0.3) is 17.0 Å². The van der Waals surface area contributed by atoms with E-state index in [9.17, 15) is 5.11 Å². The van der Waals surface area contributed by atoms with Crippen LogP contribution in [0.2, 0.25) is 0 Å². The first-order valence-electron chi connectivity index (χ1n) is 10.2. The molecule has 5 rings (SSSR count). The minimum atomic E-state index is 0.0217. The topological polar surface area (TPSA) is 120 Å². The maximum Gasteiger partial charge on any atom is 0.231 e. The quantitative estimate of drug-likeness (QED) is 0.382. The van der Waals surface area contributed by atoms with Gasteiger partial charge < -0.3 is 15.3 Å². The summed E-state index contributed by atoms with van der Waals surface area (Å²) in [4.78, 5) is 16.1. The Balaban J connectivity index is 1.42. The summed E-state index contributed by atoms with van der Waals surface area (Å²) < 4.78 is 2.43. The lowest BCUT2D eigenvalue weighted by Gasteiger charge is -2.34. The van der Waals surface area contributed by atoms with Gasteiger partial charge in [0.25, 0.3) is 0 Å². The van der Waals surface area contributed by atoms with Gasteiger partial charge in [0.1, 0.15) is 5.82 Å². The Kier molecular flexibility index (Phi) is 5.51. The van der Waals surface area contributed by atoms with Crippen molar-refractivity contribution in [3.63, 3.8) is 0 Å². The number of anilines is 2. The number of fused-ring (bicyclic) bond motifs is 1. The number of hydrogen-bond acceptors (Lipinski definition) is 8. The van der Waals surface area contributed by atoms with Crippen molar-refractivity contribution in [1.82, 2.24) is 34.8 Å². The monoisotopic (exact) mass is 483 g/mol. The van der Waals surface area contributed by atoms with Crippen molar-refractivity contribution in [2.75, 3.05) is 23.4 Å². The zero-order valence-corrected chi connectivity index (χ0v) is 18.3. The number of nitrogens with zero attached hydrogens (tertiary/aromatic N) is 7. The Bertz CT molecular complexity index is 1180. The predicted molar refractivity (Wildman–Crippen MR) is 120 cm³/mol. The van der Waals surface area contributed by atoms with Gasteiger partial charge in [0.2, 0.25) is 11.9 Å². The maximum atomic E-state index is 9.81. The van der Waals surface area contributed by atoms with E-state index in [0.29, 0.717) is 35.7 Å². The molecule has 1 aliphatic heterocycles. The summed E-state index contributed by atoms with van der Waals surface area (Å²) in [5.74, 6) is 2.46. The van der Waals surface area contributed by atoms with Gasteiger partial charge in [-0.3, -0.25) is 5.10 Å². The van der Waals surface area contributed by atoms with Crippen LogP contribution in [0.3, 0.4) is 0 Å². The molecule has 1 unspecified atom stereocenters. The van der Waals surface area contributed by atoms with Gasteiger partial charge in [-0.1, -0.05) is 30.3 Å². The van der Waals surface area contributed by atoms with Crippen molar-refractivity contribution in [2.45, 2.75) is 31.8 Å². The molecule has 1 atom stereocenters. The highest BCUT2D eigenvalue weighted by Crippen LogP contribution is 2.26. The van der Waals surface area contributed by atoms with Crippen LogP contribution >= 0.6 is 15.9 Å². The number of hydrogen-bond donors (Lipinski definition) is 3. The fraction of sp³-hybridized carbons (Fsp3) is 0.350. The lowest BCUT2D eigenvalue weighted by molar-refractivity contribution is 0.239. The largest absolute Gasteiger partial charge is 0.394 e. The van der Waals surface area contributed by atoms with E-state index in [0.717, 1.165) is 35.8 Å². The van der Waals surface area contributed by atoms with Gasteiger partial charge in [0.05, 0.1) is 29.9 Å². The second-order valence-electron chi connectivity index (χ2n) is 7.43. The van der Waals surface area contributed by atoms with E-state index >= 15 is 0 Å². The molecule has 3 N–H and O–H groups in total. The normalized spacial score (nSPS) is 16.7. The summed E-state index contributed by atoms with van der Waals surface area (Å²) in [6.45, 7) is 1.29. The first-order chi connectivity index (χ1) is 15.2. The van der Waals surface area contributed by atoms with E-state index in [-0.39, 0.29) is 12.6 Å². The Labute approximate surface area is 186 Å². The highest BCUT2D eigenvalue weighted by Gasteiger charge is 2.25. The second-order valence-corrected chi connectivity index (χ2v) is 8.28. The average molecular weight is 484 g/mol. The molecule has 3 aromatic heterocycles. The van der Waals surface area contributed by atoms with E-state index in [2.05, 4.69) is 46.4 Å². The van der Waals surface area contributed by atoms with Crippen LogP contribution in [0.1, 0.15) is 25.1 Å². The van der Waals surface area contributed by atoms with Crippen molar-refractivity contribution < 1.29 is 5.11 Å². The first-order valence-corrected chi connectivity index (χ1v) is 11.0. The van der Waals surface area contributed by atoms with E-state index in [1.807, 2.05) is 30.3 Å². The highest BCUT2D eigenvalue weighted by atomic mass is 79.9. The molecule has 4 aromatic rings. The number of halogens is 1. The third kappa shape index (κ3) is 3.98. The fourth-order valence-electron chi connectivity index (χ4n) is 3.79. The van der Waals surface area contributed by atoms with Gasteiger partial charge in [-0.05, 0) is 35.2 Å². The van der Waals surface area contributed by atoms with Crippen molar-refractivity contribution in [2.24, 2.45) is 0 Å². The van der Waals surface area contributed by atoms with Gasteiger partial charge in [0.15, 0.2) is 11.5 Å². The van der Waals surface area contributed by atoms with Crippen molar-refractivity contribution >= 4 is 33.5 Å². The molecule has 0 amide bonds. The third-order valence-electron chi connectivity index (χ3n) is 5.39. The summed E-state index contributed by atoms with van der Waals surface area (Å²) in [5.41, 5.74) is 1.62. The maximum absolute atomic E-state index is 9.81. The number of benzene rings is 1.